The molecule has 1 heterocycles. The summed E-state index contributed by atoms with van der Waals surface area (Å²) in [5, 5.41) is 8.79. The lowest BCUT2D eigenvalue weighted by Gasteiger charge is -2.28. The highest BCUT2D eigenvalue weighted by Gasteiger charge is 2.25. The third-order valence-corrected chi connectivity index (χ3v) is 2.67. The highest BCUT2D eigenvalue weighted by molar-refractivity contribution is 5.80. The minimum atomic E-state index is -1.02. The lowest BCUT2D eigenvalue weighted by molar-refractivity contribution is -0.137. The Kier molecular flexibility index (Phi) is 5.64. The van der Waals surface area contributed by atoms with Gasteiger partial charge in [-0.1, -0.05) is 6.08 Å². The van der Waals surface area contributed by atoms with Crippen LogP contribution in [0.15, 0.2) is 12.7 Å². The van der Waals surface area contributed by atoms with Crippen molar-refractivity contribution in [3.63, 3.8) is 0 Å². The van der Waals surface area contributed by atoms with Gasteiger partial charge in [0.05, 0.1) is 6.10 Å². The lowest BCUT2D eigenvalue weighted by atomic mass is 10.3. The van der Waals surface area contributed by atoms with Crippen LogP contribution in [0.1, 0.15) is 13.3 Å². The van der Waals surface area contributed by atoms with E-state index in [4.69, 9.17) is 9.84 Å². The van der Waals surface area contributed by atoms with E-state index < -0.39 is 5.97 Å². The largest absolute Gasteiger partial charge is 0.480 e. The molecular weight excluding hydrogens is 236 g/mol. The van der Waals surface area contributed by atoms with Gasteiger partial charge in [0.25, 0.3) is 0 Å². The van der Waals surface area contributed by atoms with Crippen molar-refractivity contribution >= 4 is 12.0 Å². The average molecular weight is 256 g/mol. The zero-order valence-corrected chi connectivity index (χ0v) is 10.7. The Morgan fingerprint density at radius 3 is 2.94 bits per heavy atom. The van der Waals surface area contributed by atoms with Crippen molar-refractivity contribution in [3.05, 3.63) is 12.7 Å². The normalized spacial score (nSPS) is 20.1. The number of carboxylic acids is 1. The third-order valence-electron chi connectivity index (χ3n) is 2.67. The fourth-order valence-electron chi connectivity index (χ4n) is 1.90. The summed E-state index contributed by atoms with van der Waals surface area (Å²) in [4.78, 5) is 25.9. The standard InChI is InChI=1S/C12H20N2O4/c1-3-5-13(9-11(15)16)12(17)14-6-4-7-18-10(2)8-14/h3,10H,1,4-9H2,2H3,(H,15,16). The molecule has 1 aliphatic rings. The summed E-state index contributed by atoms with van der Waals surface area (Å²) in [5.41, 5.74) is 0. The smallest absolute Gasteiger partial charge is 0.323 e. The van der Waals surface area contributed by atoms with Crippen LogP contribution >= 0.6 is 0 Å². The Bertz CT molecular complexity index is 319. The van der Waals surface area contributed by atoms with Gasteiger partial charge >= 0.3 is 12.0 Å². The highest BCUT2D eigenvalue weighted by atomic mass is 16.5. The van der Waals surface area contributed by atoms with Crippen LogP contribution in [0, 0.1) is 0 Å². The molecule has 1 N–H and O–H groups in total. The second kappa shape index (κ2) is 7.00. The predicted molar refractivity (Wildman–Crippen MR) is 66.4 cm³/mol. The van der Waals surface area contributed by atoms with Crippen molar-refractivity contribution < 1.29 is 19.4 Å². The number of rotatable bonds is 4. The Morgan fingerprint density at radius 2 is 2.33 bits per heavy atom. The molecule has 1 aliphatic heterocycles. The monoisotopic (exact) mass is 256 g/mol. The maximum absolute atomic E-state index is 12.2. The molecule has 1 rings (SSSR count). The number of carboxylic acid groups (broad SMARTS) is 1. The number of hydrogen-bond acceptors (Lipinski definition) is 3. The quantitative estimate of drug-likeness (QED) is 0.755. The van der Waals surface area contributed by atoms with Crippen LogP contribution in [-0.2, 0) is 9.53 Å². The van der Waals surface area contributed by atoms with Crippen LogP contribution in [0.5, 0.6) is 0 Å². The summed E-state index contributed by atoms with van der Waals surface area (Å²) in [6.45, 7) is 7.08. The average Bonchev–Trinajstić information content (AvgIpc) is 2.52. The number of ether oxygens (including phenoxy) is 1. The Balaban J connectivity index is 2.67. The fourth-order valence-corrected chi connectivity index (χ4v) is 1.90. The van der Waals surface area contributed by atoms with Gasteiger partial charge in [0.2, 0.25) is 0 Å². The molecule has 1 atom stereocenters. The van der Waals surface area contributed by atoms with Gasteiger partial charge in [-0.25, -0.2) is 4.79 Å². The van der Waals surface area contributed by atoms with Gasteiger partial charge in [-0.05, 0) is 13.3 Å². The second-order valence-corrected chi connectivity index (χ2v) is 4.33. The minimum Gasteiger partial charge on any atom is -0.480 e. The first kappa shape index (κ1) is 14.5. The molecule has 0 aliphatic carbocycles. The van der Waals surface area contributed by atoms with E-state index in [9.17, 15) is 9.59 Å². The summed E-state index contributed by atoms with van der Waals surface area (Å²) in [7, 11) is 0. The number of urea groups is 1. The molecule has 18 heavy (non-hydrogen) atoms. The molecule has 6 heteroatoms. The van der Waals surface area contributed by atoms with Gasteiger partial charge in [-0.15, -0.1) is 6.58 Å². The molecule has 0 aromatic rings. The van der Waals surface area contributed by atoms with Gasteiger partial charge in [0, 0.05) is 26.2 Å². The summed E-state index contributed by atoms with van der Waals surface area (Å²) in [6.07, 6.45) is 2.27. The summed E-state index contributed by atoms with van der Waals surface area (Å²) in [5.74, 6) is -1.02. The van der Waals surface area contributed by atoms with Gasteiger partial charge in [-0.2, -0.15) is 0 Å². The van der Waals surface area contributed by atoms with Crippen LogP contribution in [0.3, 0.4) is 0 Å². The van der Waals surface area contributed by atoms with Crippen LogP contribution < -0.4 is 0 Å². The first-order valence-electron chi connectivity index (χ1n) is 6.02. The third kappa shape index (κ3) is 4.37. The van der Waals surface area contributed by atoms with Crippen LogP contribution in [-0.4, -0.2) is 65.8 Å². The number of nitrogens with zero attached hydrogens (tertiary/aromatic N) is 2. The highest BCUT2D eigenvalue weighted by Crippen LogP contribution is 2.08. The van der Waals surface area contributed by atoms with Crippen molar-refractivity contribution in [2.75, 3.05) is 32.8 Å². The van der Waals surface area contributed by atoms with Gasteiger partial charge in [0.15, 0.2) is 0 Å². The van der Waals surface area contributed by atoms with Crippen LogP contribution in [0.25, 0.3) is 0 Å². The van der Waals surface area contributed by atoms with E-state index in [1.54, 1.807) is 4.90 Å². The van der Waals surface area contributed by atoms with E-state index in [1.165, 1.54) is 11.0 Å². The molecule has 0 radical (unpaired) electrons. The Labute approximate surface area is 107 Å². The number of aliphatic carboxylic acids is 1. The predicted octanol–water partition coefficient (Wildman–Crippen LogP) is 0.790. The summed E-state index contributed by atoms with van der Waals surface area (Å²) >= 11 is 0. The SMILES string of the molecule is C=CCN(CC(=O)O)C(=O)N1CCCOC(C)C1. The molecule has 6 nitrogen and oxygen atoms in total. The summed E-state index contributed by atoms with van der Waals surface area (Å²) in [6, 6.07) is -0.269. The first-order valence-corrected chi connectivity index (χ1v) is 6.02. The lowest BCUT2D eigenvalue weighted by Crippen LogP contribution is -2.47. The van der Waals surface area contributed by atoms with E-state index in [0.29, 0.717) is 19.7 Å². The molecule has 1 unspecified atom stereocenters. The van der Waals surface area contributed by atoms with Crippen LogP contribution in [0.2, 0.25) is 0 Å². The van der Waals surface area contributed by atoms with Crippen molar-refractivity contribution in [3.8, 4) is 0 Å². The van der Waals surface area contributed by atoms with E-state index >= 15 is 0 Å². The number of hydrogen-bond donors (Lipinski definition) is 1. The molecule has 0 aromatic carbocycles. The van der Waals surface area contributed by atoms with E-state index in [1.807, 2.05) is 6.92 Å². The molecule has 2 amide bonds. The number of carbonyl (C=O) groups is 2. The molecule has 1 saturated heterocycles. The zero-order chi connectivity index (χ0) is 13.5. The van der Waals surface area contributed by atoms with Crippen LogP contribution in [0.4, 0.5) is 4.79 Å². The number of carbonyl (C=O) groups excluding carboxylic acids is 1. The van der Waals surface area contributed by atoms with E-state index in [0.717, 1.165) is 6.42 Å². The van der Waals surface area contributed by atoms with Gasteiger partial charge < -0.3 is 19.6 Å². The van der Waals surface area contributed by atoms with Crippen molar-refractivity contribution in [1.29, 1.82) is 0 Å². The molecule has 0 bridgehead atoms. The Hall–Kier alpha value is -1.56. The molecule has 102 valence electrons. The van der Waals surface area contributed by atoms with Crippen molar-refractivity contribution in [2.45, 2.75) is 19.4 Å². The topological polar surface area (TPSA) is 70.1 Å². The maximum Gasteiger partial charge on any atom is 0.323 e. The number of amides is 2. The van der Waals surface area contributed by atoms with Gasteiger partial charge in [-0.3, -0.25) is 4.79 Å². The van der Waals surface area contributed by atoms with Crippen molar-refractivity contribution in [2.24, 2.45) is 0 Å². The molecule has 1 fully saturated rings. The fraction of sp³-hybridized carbons (Fsp3) is 0.667. The molecule has 0 spiro atoms. The molecular formula is C12H20N2O4. The summed E-state index contributed by atoms with van der Waals surface area (Å²) < 4.78 is 5.46. The maximum atomic E-state index is 12.2. The minimum absolute atomic E-state index is 0.0214. The van der Waals surface area contributed by atoms with E-state index in [2.05, 4.69) is 6.58 Å². The second-order valence-electron chi connectivity index (χ2n) is 4.33. The van der Waals surface area contributed by atoms with Crippen molar-refractivity contribution in [1.82, 2.24) is 9.80 Å². The first-order chi connectivity index (χ1) is 8.54. The Morgan fingerprint density at radius 1 is 1.61 bits per heavy atom. The van der Waals surface area contributed by atoms with E-state index in [-0.39, 0.29) is 25.2 Å². The zero-order valence-electron chi connectivity index (χ0n) is 10.7. The van der Waals surface area contributed by atoms with Gasteiger partial charge in [0.1, 0.15) is 6.54 Å². The molecule has 0 aromatic heterocycles. The molecule has 0 saturated carbocycles.